The van der Waals surface area contributed by atoms with Gasteiger partial charge in [-0.15, -0.1) is 0 Å². The van der Waals surface area contributed by atoms with E-state index in [0.717, 1.165) is 28.6 Å². The van der Waals surface area contributed by atoms with Crippen LogP contribution >= 0.6 is 0 Å². The Kier molecular flexibility index (Phi) is 6.69. The van der Waals surface area contributed by atoms with E-state index in [1.54, 1.807) is 0 Å². The molecule has 0 saturated carbocycles. The number of sulfone groups is 1. The molecular formula is C20H21F6N5O3S. The van der Waals surface area contributed by atoms with Crippen molar-refractivity contribution in [1.82, 2.24) is 19.1 Å². The molecule has 0 aliphatic rings. The maximum absolute atomic E-state index is 13.5. The van der Waals surface area contributed by atoms with Gasteiger partial charge in [0, 0.05) is 20.6 Å². The second kappa shape index (κ2) is 8.84. The van der Waals surface area contributed by atoms with Gasteiger partial charge >= 0.3 is 12.4 Å². The first-order valence-corrected chi connectivity index (χ1v) is 11.9. The van der Waals surface area contributed by atoms with Crippen molar-refractivity contribution in [3.8, 4) is 11.5 Å². The Bertz CT molecular complexity index is 1440. The predicted octanol–water partition coefficient (Wildman–Crippen LogP) is 3.63. The molecule has 0 bridgehead atoms. The van der Waals surface area contributed by atoms with Crippen molar-refractivity contribution in [2.24, 2.45) is 7.05 Å². The highest BCUT2D eigenvalue weighted by Crippen LogP contribution is 2.33. The molecule has 0 atom stereocenters. The minimum absolute atomic E-state index is 0.245. The van der Waals surface area contributed by atoms with Gasteiger partial charge in [-0.2, -0.15) is 26.3 Å². The molecule has 15 heteroatoms. The normalized spacial score (nSPS) is 13.0. The molecule has 0 aromatic carbocycles. The highest BCUT2D eigenvalue weighted by molar-refractivity contribution is 7.91. The zero-order valence-corrected chi connectivity index (χ0v) is 19.8. The molecule has 3 rings (SSSR count). The molecule has 0 spiro atoms. The third kappa shape index (κ3) is 4.99. The Morgan fingerprint density at radius 3 is 2.20 bits per heavy atom. The van der Waals surface area contributed by atoms with Crippen LogP contribution in [0.15, 0.2) is 27.9 Å². The van der Waals surface area contributed by atoms with Gasteiger partial charge in [0.2, 0.25) is 0 Å². The van der Waals surface area contributed by atoms with Gasteiger partial charge in [-0.1, -0.05) is 6.92 Å². The average Bonchev–Trinajstić information content (AvgIpc) is 3.08. The summed E-state index contributed by atoms with van der Waals surface area (Å²) in [6, 6.07) is 2.82. The predicted molar refractivity (Wildman–Crippen MR) is 116 cm³/mol. The molecule has 0 radical (unpaired) electrons. The van der Waals surface area contributed by atoms with Crippen LogP contribution in [0, 0.1) is 0 Å². The molecule has 0 N–H and O–H groups in total. The summed E-state index contributed by atoms with van der Waals surface area (Å²) in [6.45, 7) is 1.01. The molecule has 0 unspecified atom stereocenters. The van der Waals surface area contributed by atoms with Crippen LogP contribution in [0.25, 0.3) is 22.6 Å². The smallest absolute Gasteiger partial charge is 0.351 e. The largest absolute Gasteiger partial charge is 0.431 e. The average molecular weight is 525 g/mol. The fourth-order valence-electron chi connectivity index (χ4n) is 3.64. The molecular weight excluding hydrogens is 504 g/mol. The number of imidazole rings is 1. The van der Waals surface area contributed by atoms with Crippen molar-refractivity contribution in [2.75, 3.05) is 24.2 Å². The molecule has 0 saturated heterocycles. The quantitative estimate of drug-likeness (QED) is 0.457. The van der Waals surface area contributed by atoms with Crippen LogP contribution in [0.2, 0.25) is 0 Å². The molecule has 0 aliphatic heterocycles. The number of aromatic nitrogens is 4. The van der Waals surface area contributed by atoms with Crippen molar-refractivity contribution in [3.05, 3.63) is 34.2 Å². The maximum Gasteiger partial charge on any atom is 0.431 e. The summed E-state index contributed by atoms with van der Waals surface area (Å²) in [7, 11) is -1.60. The van der Waals surface area contributed by atoms with Crippen molar-refractivity contribution in [1.29, 1.82) is 0 Å². The summed E-state index contributed by atoms with van der Waals surface area (Å²) in [6.07, 6.45) is -9.45. The Balaban J connectivity index is 2.37. The lowest BCUT2D eigenvalue weighted by Crippen LogP contribution is -2.31. The molecule has 0 aliphatic carbocycles. The Morgan fingerprint density at radius 2 is 1.69 bits per heavy atom. The van der Waals surface area contributed by atoms with Crippen LogP contribution in [-0.2, 0) is 29.6 Å². The van der Waals surface area contributed by atoms with E-state index in [-0.39, 0.29) is 45.6 Å². The summed E-state index contributed by atoms with van der Waals surface area (Å²) in [5.41, 5.74) is -3.24. The summed E-state index contributed by atoms with van der Waals surface area (Å²) in [5, 5.41) is 0. The number of alkyl halides is 6. The van der Waals surface area contributed by atoms with Crippen molar-refractivity contribution >= 4 is 26.7 Å². The summed E-state index contributed by atoms with van der Waals surface area (Å²) in [4.78, 5) is 21.4. The van der Waals surface area contributed by atoms with Crippen LogP contribution in [0.5, 0.6) is 0 Å². The van der Waals surface area contributed by atoms with Gasteiger partial charge in [-0.05, 0) is 25.1 Å². The van der Waals surface area contributed by atoms with E-state index in [0.29, 0.717) is 10.6 Å². The van der Waals surface area contributed by atoms with E-state index < -0.39 is 40.0 Å². The van der Waals surface area contributed by atoms with E-state index in [1.165, 1.54) is 20.9 Å². The van der Waals surface area contributed by atoms with Crippen molar-refractivity contribution < 1.29 is 34.8 Å². The number of fused-ring (bicyclic) bond motifs is 1. The number of anilines is 1. The molecule has 3 aromatic heterocycles. The molecule has 3 heterocycles. The minimum Gasteiger partial charge on any atom is -0.351 e. The zero-order chi connectivity index (χ0) is 26.5. The van der Waals surface area contributed by atoms with E-state index in [2.05, 4.69) is 9.97 Å². The monoisotopic (exact) mass is 525 g/mol. The molecule has 0 fully saturated rings. The number of rotatable bonds is 6. The van der Waals surface area contributed by atoms with Gasteiger partial charge in [0.1, 0.15) is 29.3 Å². The second-order valence-corrected chi connectivity index (χ2v) is 9.94. The van der Waals surface area contributed by atoms with Gasteiger partial charge in [0.15, 0.2) is 15.7 Å². The second-order valence-electron chi connectivity index (χ2n) is 7.70. The van der Waals surface area contributed by atoms with Crippen molar-refractivity contribution in [2.45, 2.75) is 37.6 Å². The molecule has 0 amide bonds. The highest BCUT2D eigenvalue weighted by atomic mass is 32.2. The summed E-state index contributed by atoms with van der Waals surface area (Å²) >= 11 is 0. The number of halogens is 6. The lowest BCUT2D eigenvalue weighted by Gasteiger charge is -2.21. The van der Waals surface area contributed by atoms with Crippen LogP contribution in [-0.4, -0.2) is 53.0 Å². The molecule has 192 valence electrons. The van der Waals surface area contributed by atoms with E-state index in [9.17, 15) is 39.6 Å². The highest BCUT2D eigenvalue weighted by Gasteiger charge is 2.36. The third-order valence-electron chi connectivity index (χ3n) is 5.32. The lowest BCUT2D eigenvalue weighted by atomic mass is 10.3. The number of hydrogen-bond donors (Lipinski definition) is 0. The lowest BCUT2D eigenvalue weighted by molar-refractivity contribution is -0.144. The van der Waals surface area contributed by atoms with E-state index in [4.69, 9.17) is 0 Å². The van der Waals surface area contributed by atoms with E-state index >= 15 is 0 Å². The van der Waals surface area contributed by atoms with Gasteiger partial charge in [0.05, 0.1) is 16.2 Å². The van der Waals surface area contributed by atoms with Crippen LogP contribution in [0.3, 0.4) is 0 Å². The Labute approximate surface area is 195 Å². The molecule has 8 nitrogen and oxygen atoms in total. The summed E-state index contributed by atoms with van der Waals surface area (Å²) in [5.74, 6) is -0.917. The van der Waals surface area contributed by atoms with Crippen LogP contribution < -0.4 is 10.5 Å². The van der Waals surface area contributed by atoms with Crippen LogP contribution in [0.4, 0.5) is 32.2 Å². The first-order chi connectivity index (χ1) is 16.0. The minimum atomic E-state index is -4.86. The van der Waals surface area contributed by atoms with Crippen LogP contribution in [0.1, 0.15) is 19.5 Å². The fraction of sp³-hybridized carbons (Fsp3) is 0.450. The molecule has 35 heavy (non-hydrogen) atoms. The van der Waals surface area contributed by atoms with Crippen molar-refractivity contribution in [3.63, 3.8) is 0 Å². The zero-order valence-electron chi connectivity index (χ0n) is 19.0. The standard InChI is InChI=1S/C20H21F6N5O3S/c1-5-31-13(20(24,25)26)9-11-16(18(31)32)30(4)17(27-11)15-12(35(33,34)6-2)7-8-14(28-15)29(3)10-19(21,22)23/h7-9H,5-6,10H2,1-4H3. The van der Waals surface area contributed by atoms with Gasteiger partial charge in [0.25, 0.3) is 5.56 Å². The first-order valence-electron chi connectivity index (χ1n) is 10.2. The summed E-state index contributed by atoms with van der Waals surface area (Å²) < 4.78 is 106. The van der Waals surface area contributed by atoms with E-state index in [1.807, 2.05) is 0 Å². The fourth-order valence-corrected chi connectivity index (χ4v) is 4.66. The number of aryl methyl sites for hydroxylation is 1. The topological polar surface area (TPSA) is 90.1 Å². The van der Waals surface area contributed by atoms with Gasteiger partial charge in [-0.3, -0.25) is 4.79 Å². The third-order valence-corrected chi connectivity index (χ3v) is 7.08. The number of nitrogens with zero attached hydrogens (tertiary/aromatic N) is 5. The van der Waals surface area contributed by atoms with Gasteiger partial charge < -0.3 is 14.0 Å². The maximum atomic E-state index is 13.5. The Hall–Kier alpha value is -3.10. The number of pyridine rings is 2. The Morgan fingerprint density at radius 1 is 1.06 bits per heavy atom. The number of hydrogen-bond acceptors (Lipinski definition) is 6. The van der Waals surface area contributed by atoms with Gasteiger partial charge in [-0.25, -0.2) is 18.4 Å². The SMILES string of the molecule is CCn1c(C(F)(F)F)cc2nc(-c3nc(N(C)CC(F)(F)F)ccc3S(=O)(=O)CC)n(C)c2c1=O. The molecule has 3 aromatic rings. The first kappa shape index (κ1) is 26.5.